The fraction of sp³-hybridized carbons (Fsp3) is 0.500. The van der Waals surface area contributed by atoms with Gasteiger partial charge in [0.25, 0.3) is 0 Å². The number of nitrogens with zero attached hydrogens (tertiary/aromatic N) is 3. The van der Waals surface area contributed by atoms with Crippen molar-refractivity contribution in [2.24, 2.45) is 0 Å². The summed E-state index contributed by atoms with van der Waals surface area (Å²) >= 11 is 0. The van der Waals surface area contributed by atoms with Crippen LogP contribution in [0.5, 0.6) is 0 Å². The number of hydrogen-bond donors (Lipinski definition) is 1. The van der Waals surface area contributed by atoms with Crippen LogP contribution in [0.4, 0.5) is 11.5 Å². The van der Waals surface area contributed by atoms with Crippen molar-refractivity contribution in [1.82, 2.24) is 4.98 Å². The van der Waals surface area contributed by atoms with Gasteiger partial charge < -0.3 is 10.0 Å². The Hall–Kier alpha value is -1.69. The molecule has 0 bridgehead atoms. The van der Waals surface area contributed by atoms with Gasteiger partial charge in [0.1, 0.15) is 0 Å². The molecule has 1 aromatic heterocycles. The van der Waals surface area contributed by atoms with Crippen molar-refractivity contribution in [1.29, 1.82) is 0 Å². The van der Waals surface area contributed by atoms with Crippen LogP contribution in [0.1, 0.15) is 13.8 Å². The third-order valence-corrected chi connectivity index (χ3v) is 2.20. The Morgan fingerprint density at radius 2 is 2.31 bits per heavy atom. The third kappa shape index (κ3) is 2.66. The van der Waals surface area contributed by atoms with E-state index in [1.807, 2.05) is 13.8 Å². The zero-order valence-corrected chi connectivity index (χ0v) is 9.33. The van der Waals surface area contributed by atoms with E-state index >= 15 is 0 Å². The standard InChI is InChI=1S/C10H15N3O3/c1-8(2)12(6-7-14)10-9(13(15)16)4-3-5-11-10/h3-5,8,14H,6-7H2,1-2H3. The van der Waals surface area contributed by atoms with Crippen LogP contribution in [0.15, 0.2) is 18.3 Å². The van der Waals surface area contributed by atoms with Crippen molar-refractivity contribution in [3.63, 3.8) is 0 Å². The first-order valence-electron chi connectivity index (χ1n) is 5.04. The Kier molecular flexibility index (Phi) is 4.19. The van der Waals surface area contributed by atoms with Gasteiger partial charge >= 0.3 is 5.69 Å². The number of anilines is 1. The molecule has 1 heterocycles. The van der Waals surface area contributed by atoms with Gasteiger partial charge in [0.05, 0.1) is 11.5 Å². The Bertz CT molecular complexity index is 368. The molecule has 1 N–H and O–H groups in total. The van der Waals surface area contributed by atoms with Crippen LogP contribution in [-0.4, -0.2) is 34.2 Å². The lowest BCUT2D eigenvalue weighted by Crippen LogP contribution is -2.34. The quantitative estimate of drug-likeness (QED) is 0.601. The normalized spacial score (nSPS) is 10.5. The number of aliphatic hydroxyl groups excluding tert-OH is 1. The summed E-state index contributed by atoms with van der Waals surface area (Å²) in [5.41, 5.74) is -0.0374. The van der Waals surface area contributed by atoms with Crippen molar-refractivity contribution in [3.8, 4) is 0 Å². The van der Waals surface area contributed by atoms with Crippen LogP contribution in [0.2, 0.25) is 0 Å². The van der Waals surface area contributed by atoms with E-state index < -0.39 is 4.92 Å². The number of rotatable bonds is 5. The molecule has 0 unspecified atom stereocenters. The van der Waals surface area contributed by atoms with Gasteiger partial charge in [-0.25, -0.2) is 4.98 Å². The Balaban J connectivity index is 3.12. The molecule has 0 aromatic carbocycles. The van der Waals surface area contributed by atoms with E-state index in [0.717, 1.165) is 0 Å². The highest BCUT2D eigenvalue weighted by atomic mass is 16.6. The average molecular weight is 225 g/mol. The lowest BCUT2D eigenvalue weighted by Gasteiger charge is -2.26. The van der Waals surface area contributed by atoms with Gasteiger partial charge in [-0.2, -0.15) is 0 Å². The van der Waals surface area contributed by atoms with Crippen LogP contribution >= 0.6 is 0 Å². The second kappa shape index (κ2) is 5.41. The molecule has 88 valence electrons. The van der Waals surface area contributed by atoms with Crippen molar-refractivity contribution >= 4 is 11.5 Å². The summed E-state index contributed by atoms with van der Waals surface area (Å²) in [7, 11) is 0. The smallest absolute Gasteiger partial charge is 0.311 e. The molecular weight excluding hydrogens is 210 g/mol. The van der Waals surface area contributed by atoms with E-state index in [-0.39, 0.29) is 18.3 Å². The summed E-state index contributed by atoms with van der Waals surface area (Å²) in [5.74, 6) is 0.302. The van der Waals surface area contributed by atoms with Gasteiger partial charge in [-0.05, 0) is 19.9 Å². The first-order chi connectivity index (χ1) is 7.57. The predicted octanol–water partition coefficient (Wildman–Crippen LogP) is 1.20. The highest BCUT2D eigenvalue weighted by Crippen LogP contribution is 2.25. The maximum atomic E-state index is 10.8. The highest BCUT2D eigenvalue weighted by Gasteiger charge is 2.21. The minimum Gasteiger partial charge on any atom is -0.395 e. The lowest BCUT2D eigenvalue weighted by molar-refractivity contribution is -0.384. The maximum absolute atomic E-state index is 10.8. The summed E-state index contributed by atoms with van der Waals surface area (Å²) in [6, 6.07) is 2.98. The SMILES string of the molecule is CC(C)N(CCO)c1ncccc1[N+](=O)[O-]. The van der Waals surface area contributed by atoms with Gasteiger partial charge in [0, 0.05) is 24.8 Å². The van der Waals surface area contributed by atoms with Crippen LogP contribution in [0, 0.1) is 10.1 Å². The molecule has 6 nitrogen and oxygen atoms in total. The summed E-state index contributed by atoms with van der Waals surface area (Å²) in [5, 5.41) is 19.8. The molecule has 0 aliphatic rings. The number of aliphatic hydroxyl groups is 1. The largest absolute Gasteiger partial charge is 0.395 e. The minimum absolute atomic E-state index is 0.0374. The van der Waals surface area contributed by atoms with Crippen molar-refractivity contribution in [2.45, 2.75) is 19.9 Å². The molecule has 0 amide bonds. The van der Waals surface area contributed by atoms with E-state index in [1.165, 1.54) is 18.3 Å². The van der Waals surface area contributed by atoms with Gasteiger partial charge in [0.15, 0.2) is 0 Å². The molecule has 0 aliphatic carbocycles. The highest BCUT2D eigenvalue weighted by molar-refractivity contribution is 5.57. The fourth-order valence-corrected chi connectivity index (χ4v) is 1.47. The molecule has 0 saturated carbocycles. The summed E-state index contributed by atoms with van der Waals surface area (Å²) < 4.78 is 0. The molecule has 0 saturated heterocycles. The molecule has 1 aromatic rings. The zero-order chi connectivity index (χ0) is 12.1. The van der Waals surface area contributed by atoms with E-state index in [0.29, 0.717) is 12.4 Å². The molecule has 16 heavy (non-hydrogen) atoms. The molecule has 0 radical (unpaired) electrons. The van der Waals surface area contributed by atoms with Crippen LogP contribution in [-0.2, 0) is 0 Å². The molecule has 1 rings (SSSR count). The number of pyridine rings is 1. The molecule has 6 heteroatoms. The summed E-state index contributed by atoms with van der Waals surface area (Å²) in [6.07, 6.45) is 1.51. The van der Waals surface area contributed by atoms with Crippen molar-refractivity contribution in [3.05, 3.63) is 28.4 Å². The number of hydrogen-bond acceptors (Lipinski definition) is 5. The van der Waals surface area contributed by atoms with E-state index in [2.05, 4.69) is 4.98 Å². The molecule has 0 aliphatic heterocycles. The molecule has 0 atom stereocenters. The Morgan fingerprint density at radius 3 is 2.81 bits per heavy atom. The van der Waals surface area contributed by atoms with Crippen molar-refractivity contribution < 1.29 is 10.0 Å². The van der Waals surface area contributed by atoms with E-state index in [1.54, 1.807) is 4.90 Å². The van der Waals surface area contributed by atoms with Gasteiger partial charge in [-0.15, -0.1) is 0 Å². The van der Waals surface area contributed by atoms with E-state index in [4.69, 9.17) is 5.11 Å². The summed E-state index contributed by atoms with van der Waals surface area (Å²) in [6.45, 7) is 4.06. The predicted molar refractivity (Wildman–Crippen MR) is 60.5 cm³/mol. The Labute approximate surface area is 93.7 Å². The van der Waals surface area contributed by atoms with E-state index in [9.17, 15) is 10.1 Å². The van der Waals surface area contributed by atoms with Crippen molar-refractivity contribution in [2.75, 3.05) is 18.1 Å². The second-order valence-corrected chi connectivity index (χ2v) is 3.61. The van der Waals surface area contributed by atoms with Crippen LogP contribution in [0.3, 0.4) is 0 Å². The monoisotopic (exact) mass is 225 g/mol. The maximum Gasteiger partial charge on any atom is 0.311 e. The summed E-state index contributed by atoms with van der Waals surface area (Å²) in [4.78, 5) is 16.1. The number of nitro groups is 1. The Morgan fingerprint density at radius 1 is 1.62 bits per heavy atom. The zero-order valence-electron chi connectivity index (χ0n) is 9.33. The van der Waals surface area contributed by atoms with Gasteiger partial charge in [-0.1, -0.05) is 0 Å². The molecule has 0 fully saturated rings. The van der Waals surface area contributed by atoms with Crippen LogP contribution in [0.25, 0.3) is 0 Å². The second-order valence-electron chi connectivity index (χ2n) is 3.61. The molecule has 0 spiro atoms. The third-order valence-electron chi connectivity index (χ3n) is 2.20. The fourth-order valence-electron chi connectivity index (χ4n) is 1.47. The number of aromatic nitrogens is 1. The van der Waals surface area contributed by atoms with Gasteiger partial charge in [-0.3, -0.25) is 10.1 Å². The van der Waals surface area contributed by atoms with Crippen LogP contribution < -0.4 is 4.90 Å². The first kappa shape index (κ1) is 12.4. The average Bonchev–Trinajstić information content (AvgIpc) is 2.25. The van der Waals surface area contributed by atoms with Gasteiger partial charge in [0.2, 0.25) is 5.82 Å². The topological polar surface area (TPSA) is 79.5 Å². The lowest BCUT2D eigenvalue weighted by atomic mass is 10.3. The first-order valence-corrected chi connectivity index (χ1v) is 5.04. The minimum atomic E-state index is -0.463. The molecular formula is C10H15N3O3.